The van der Waals surface area contributed by atoms with Crippen LogP contribution in [0.1, 0.15) is 12.5 Å². The molecule has 3 rings (SSSR count). The van der Waals surface area contributed by atoms with Crippen LogP contribution >= 0.6 is 0 Å². The lowest BCUT2D eigenvalue weighted by atomic mass is 10.2. The van der Waals surface area contributed by atoms with Gasteiger partial charge in [-0.2, -0.15) is 0 Å². The highest BCUT2D eigenvalue weighted by atomic mass is 16.5. The number of ether oxygens (including phenoxy) is 2. The Morgan fingerprint density at radius 3 is 2.65 bits per heavy atom. The molecule has 1 heterocycles. The fraction of sp³-hybridized carbons (Fsp3) is 0.211. The van der Waals surface area contributed by atoms with Gasteiger partial charge in [-0.25, -0.2) is 0 Å². The van der Waals surface area contributed by atoms with E-state index in [1.807, 2.05) is 65.4 Å². The number of nitrogens with zero attached hydrogens (tertiary/aromatic N) is 1. The second-order valence-electron chi connectivity index (χ2n) is 5.21. The molecule has 3 aromatic rings. The molecular weight excluding hydrogens is 290 g/mol. The molecule has 0 unspecified atom stereocenters. The zero-order valence-corrected chi connectivity index (χ0v) is 13.1. The molecule has 0 N–H and O–H groups in total. The summed E-state index contributed by atoms with van der Waals surface area (Å²) < 4.78 is 12.8. The number of hydrogen-bond acceptors (Lipinski definition) is 3. The molecule has 0 spiro atoms. The van der Waals surface area contributed by atoms with Gasteiger partial charge in [-0.15, -0.1) is 0 Å². The van der Waals surface area contributed by atoms with Crippen LogP contribution in [0.25, 0.3) is 10.9 Å². The Bertz CT molecular complexity index is 793. The summed E-state index contributed by atoms with van der Waals surface area (Å²) in [6.07, 6.45) is 1.89. The van der Waals surface area contributed by atoms with Crippen LogP contribution < -0.4 is 4.74 Å². The van der Waals surface area contributed by atoms with Gasteiger partial charge in [0.25, 0.3) is 0 Å². The molecule has 0 bridgehead atoms. The average molecular weight is 309 g/mol. The molecule has 23 heavy (non-hydrogen) atoms. The van der Waals surface area contributed by atoms with Crippen molar-refractivity contribution in [1.29, 1.82) is 0 Å². The molecule has 0 aliphatic rings. The van der Waals surface area contributed by atoms with Crippen molar-refractivity contribution in [1.82, 2.24) is 4.57 Å². The highest BCUT2D eigenvalue weighted by Gasteiger charge is 2.10. The predicted molar refractivity (Wildman–Crippen MR) is 89.3 cm³/mol. The lowest BCUT2D eigenvalue weighted by molar-refractivity contribution is -0.143. The van der Waals surface area contributed by atoms with Gasteiger partial charge in [-0.3, -0.25) is 4.79 Å². The van der Waals surface area contributed by atoms with Crippen molar-refractivity contribution >= 4 is 16.9 Å². The van der Waals surface area contributed by atoms with Crippen molar-refractivity contribution in [2.75, 3.05) is 6.61 Å². The number of aromatic nitrogens is 1. The van der Waals surface area contributed by atoms with Gasteiger partial charge in [0.1, 0.15) is 18.9 Å². The van der Waals surface area contributed by atoms with Crippen LogP contribution in [0.2, 0.25) is 0 Å². The number of fused-ring (bicyclic) bond motifs is 1. The average Bonchev–Trinajstić information content (AvgIpc) is 2.98. The second kappa shape index (κ2) is 7.01. The van der Waals surface area contributed by atoms with Gasteiger partial charge in [0, 0.05) is 11.6 Å². The number of esters is 1. The Morgan fingerprint density at radius 2 is 1.87 bits per heavy atom. The first-order valence-electron chi connectivity index (χ1n) is 7.68. The highest BCUT2D eigenvalue weighted by molar-refractivity contribution is 5.87. The molecule has 4 nitrogen and oxygen atoms in total. The van der Waals surface area contributed by atoms with Gasteiger partial charge in [-0.1, -0.05) is 36.4 Å². The zero-order chi connectivity index (χ0) is 16.1. The van der Waals surface area contributed by atoms with Gasteiger partial charge in [0.05, 0.1) is 12.1 Å². The van der Waals surface area contributed by atoms with E-state index in [9.17, 15) is 4.79 Å². The highest BCUT2D eigenvalue weighted by Crippen LogP contribution is 2.27. The maximum absolute atomic E-state index is 11.7. The lowest BCUT2D eigenvalue weighted by Gasteiger charge is -2.09. The van der Waals surface area contributed by atoms with E-state index >= 15 is 0 Å². The molecule has 118 valence electrons. The van der Waals surface area contributed by atoms with Gasteiger partial charge in [0.2, 0.25) is 0 Å². The standard InChI is InChI=1S/C19H19NO3/c1-2-22-19(21)13-20-12-11-16-17(20)9-6-10-18(16)23-14-15-7-4-3-5-8-15/h3-12H,2,13-14H2,1H3. The summed E-state index contributed by atoms with van der Waals surface area (Å²) in [4.78, 5) is 11.7. The molecular formula is C19H19NO3. The molecule has 0 radical (unpaired) electrons. The number of carbonyl (C=O) groups excluding carboxylic acids is 1. The van der Waals surface area contributed by atoms with Crippen molar-refractivity contribution in [2.24, 2.45) is 0 Å². The number of hydrogen-bond donors (Lipinski definition) is 0. The van der Waals surface area contributed by atoms with E-state index in [1.54, 1.807) is 6.92 Å². The van der Waals surface area contributed by atoms with E-state index in [0.717, 1.165) is 22.2 Å². The minimum Gasteiger partial charge on any atom is -0.488 e. The van der Waals surface area contributed by atoms with Crippen LogP contribution in [0.15, 0.2) is 60.8 Å². The molecule has 2 aromatic carbocycles. The van der Waals surface area contributed by atoms with Gasteiger partial charge < -0.3 is 14.0 Å². The third-order valence-corrected chi connectivity index (χ3v) is 3.62. The fourth-order valence-electron chi connectivity index (χ4n) is 2.54. The first-order chi connectivity index (χ1) is 11.3. The summed E-state index contributed by atoms with van der Waals surface area (Å²) in [7, 11) is 0. The second-order valence-corrected chi connectivity index (χ2v) is 5.21. The summed E-state index contributed by atoms with van der Waals surface area (Å²) >= 11 is 0. The fourth-order valence-corrected chi connectivity index (χ4v) is 2.54. The Hall–Kier alpha value is -2.75. The molecule has 0 saturated heterocycles. The monoisotopic (exact) mass is 309 g/mol. The first kappa shape index (κ1) is 15.2. The molecule has 4 heteroatoms. The summed E-state index contributed by atoms with van der Waals surface area (Å²) in [6.45, 7) is 2.92. The summed E-state index contributed by atoms with van der Waals surface area (Å²) in [5.74, 6) is 0.578. The SMILES string of the molecule is CCOC(=O)Cn1ccc2c(OCc3ccccc3)cccc21. The van der Waals surface area contributed by atoms with Crippen LogP contribution in [-0.2, 0) is 22.7 Å². The summed E-state index contributed by atoms with van der Waals surface area (Å²) in [5.41, 5.74) is 2.08. The Morgan fingerprint density at radius 1 is 1.04 bits per heavy atom. The number of benzene rings is 2. The first-order valence-corrected chi connectivity index (χ1v) is 7.68. The Kier molecular flexibility index (Phi) is 4.62. The molecule has 0 amide bonds. The van der Waals surface area contributed by atoms with Crippen molar-refractivity contribution in [3.05, 3.63) is 66.4 Å². The predicted octanol–water partition coefficient (Wildman–Crippen LogP) is 3.78. The van der Waals surface area contributed by atoms with Crippen molar-refractivity contribution in [3.63, 3.8) is 0 Å². The van der Waals surface area contributed by atoms with Crippen LogP contribution in [0.4, 0.5) is 0 Å². The minimum absolute atomic E-state index is 0.208. The topological polar surface area (TPSA) is 40.5 Å². The number of rotatable bonds is 6. The maximum Gasteiger partial charge on any atom is 0.325 e. The molecule has 0 atom stereocenters. The maximum atomic E-state index is 11.7. The number of carbonyl (C=O) groups is 1. The van der Waals surface area contributed by atoms with E-state index in [-0.39, 0.29) is 12.5 Å². The van der Waals surface area contributed by atoms with E-state index in [2.05, 4.69) is 0 Å². The normalized spacial score (nSPS) is 10.7. The molecule has 0 aliphatic carbocycles. The van der Waals surface area contributed by atoms with Crippen molar-refractivity contribution in [2.45, 2.75) is 20.1 Å². The van der Waals surface area contributed by atoms with E-state index < -0.39 is 0 Å². The Balaban J connectivity index is 1.79. The third kappa shape index (κ3) is 3.54. The largest absolute Gasteiger partial charge is 0.488 e. The molecule has 0 saturated carbocycles. The van der Waals surface area contributed by atoms with Gasteiger partial charge in [-0.05, 0) is 30.7 Å². The smallest absolute Gasteiger partial charge is 0.325 e. The minimum atomic E-state index is -0.236. The Labute approximate surface area is 135 Å². The van der Waals surface area contributed by atoms with E-state index in [4.69, 9.17) is 9.47 Å². The molecule has 0 fully saturated rings. The van der Waals surface area contributed by atoms with Gasteiger partial charge >= 0.3 is 5.97 Å². The van der Waals surface area contributed by atoms with E-state index in [0.29, 0.717) is 13.2 Å². The summed E-state index contributed by atoms with van der Waals surface area (Å²) in [6, 6.07) is 17.9. The van der Waals surface area contributed by atoms with E-state index in [1.165, 1.54) is 0 Å². The van der Waals surface area contributed by atoms with Crippen LogP contribution in [0.5, 0.6) is 5.75 Å². The van der Waals surface area contributed by atoms with Crippen molar-refractivity contribution in [3.8, 4) is 5.75 Å². The summed E-state index contributed by atoms with van der Waals surface area (Å²) in [5, 5.41) is 0.993. The lowest BCUT2D eigenvalue weighted by Crippen LogP contribution is -2.12. The zero-order valence-electron chi connectivity index (χ0n) is 13.1. The van der Waals surface area contributed by atoms with Crippen LogP contribution in [-0.4, -0.2) is 17.1 Å². The third-order valence-electron chi connectivity index (χ3n) is 3.62. The van der Waals surface area contributed by atoms with Crippen molar-refractivity contribution < 1.29 is 14.3 Å². The van der Waals surface area contributed by atoms with Gasteiger partial charge in [0.15, 0.2) is 0 Å². The molecule has 0 aliphatic heterocycles. The van der Waals surface area contributed by atoms with Crippen LogP contribution in [0.3, 0.4) is 0 Å². The quantitative estimate of drug-likeness (QED) is 0.651. The molecule has 1 aromatic heterocycles. The van der Waals surface area contributed by atoms with Crippen LogP contribution in [0, 0.1) is 0 Å².